The Kier molecular flexibility index (Phi) is 7.71. The minimum Gasteiger partial charge on any atom is -0.351 e. The summed E-state index contributed by atoms with van der Waals surface area (Å²) in [7, 11) is 0. The second-order valence-electron chi connectivity index (χ2n) is 7.94. The molecule has 1 aromatic carbocycles. The van der Waals surface area contributed by atoms with E-state index < -0.39 is 12.2 Å². The van der Waals surface area contributed by atoms with Crippen molar-refractivity contribution < 1.29 is 19.1 Å². The number of nitrogens with zero attached hydrogens (tertiary/aromatic N) is 4. The maximum Gasteiger partial charge on any atom is 0.277 e. The first kappa shape index (κ1) is 24.1. The molecule has 4 rings (SSSR count). The number of carbonyl (C=O) groups is 2. The summed E-state index contributed by atoms with van der Waals surface area (Å²) in [5, 5.41) is 12.9. The van der Waals surface area contributed by atoms with Crippen molar-refractivity contribution in [2.75, 3.05) is 25.1 Å². The van der Waals surface area contributed by atoms with Gasteiger partial charge in [-0.1, -0.05) is 11.3 Å². The summed E-state index contributed by atoms with van der Waals surface area (Å²) in [6, 6.07) is 7.44. The number of carbonyl (C=O) groups excluding carboxylic acids is 2. The van der Waals surface area contributed by atoms with Gasteiger partial charge in [-0.2, -0.15) is 0 Å². The Balaban J connectivity index is 1.44. The topological polar surface area (TPSA) is 98.6 Å². The molecule has 3 heterocycles. The summed E-state index contributed by atoms with van der Waals surface area (Å²) in [4.78, 5) is 29.3. The third-order valence-corrected chi connectivity index (χ3v) is 6.74. The lowest BCUT2D eigenvalue weighted by atomic mass is 10.0. The van der Waals surface area contributed by atoms with Gasteiger partial charge in [0.15, 0.2) is 12.0 Å². The molecule has 0 unspecified atom stereocenters. The van der Waals surface area contributed by atoms with Crippen LogP contribution in [0.5, 0.6) is 0 Å². The number of hydrogen-bond donors (Lipinski definition) is 1. The van der Waals surface area contributed by atoms with Crippen LogP contribution in [0.2, 0.25) is 0 Å². The molecule has 0 atom stereocenters. The fraction of sp³-hybridized carbons (Fsp3) is 0.417. The molecule has 34 heavy (non-hydrogen) atoms. The Labute approximate surface area is 202 Å². The molecule has 3 aromatic rings. The number of benzene rings is 1. The van der Waals surface area contributed by atoms with Crippen LogP contribution in [0.3, 0.4) is 0 Å². The number of hydrogen-bond acceptors (Lipinski definition) is 7. The first-order valence-corrected chi connectivity index (χ1v) is 12.3. The standard InChI is InChI=1S/C24H29N5O4S/c1-4-32-22(33-5-2)15-29-14-20(26-27-29)23(30)25-19-8-6-7-18(16(19)3)24(31)28-11-9-21-17(13-28)10-12-34-21/h6-8,10,12,14,22H,4-5,9,11,13,15H2,1-3H3,(H,25,30). The molecule has 10 heteroatoms. The van der Waals surface area contributed by atoms with E-state index in [0.717, 1.165) is 12.0 Å². The van der Waals surface area contributed by atoms with Gasteiger partial charge in [-0.25, -0.2) is 4.68 Å². The minimum absolute atomic E-state index is 0.0331. The van der Waals surface area contributed by atoms with Gasteiger partial charge in [0, 0.05) is 42.4 Å². The van der Waals surface area contributed by atoms with Gasteiger partial charge in [0.2, 0.25) is 0 Å². The maximum atomic E-state index is 13.2. The van der Waals surface area contributed by atoms with E-state index in [1.165, 1.54) is 15.1 Å². The van der Waals surface area contributed by atoms with Crippen molar-refractivity contribution in [2.24, 2.45) is 0 Å². The van der Waals surface area contributed by atoms with Crippen LogP contribution >= 0.6 is 11.3 Å². The SMILES string of the molecule is CCOC(Cn1cc(C(=O)Nc2cccc(C(=O)N3CCc4sccc4C3)c2C)nn1)OCC. The van der Waals surface area contributed by atoms with Crippen molar-refractivity contribution in [1.29, 1.82) is 0 Å². The van der Waals surface area contributed by atoms with Crippen LogP contribution in [-0.2, 0) is 29.0 Å². The predicted octanol–water partition coefficient (Wildman–Crippen LogP) is 3.50. The lowest BCUT2D eigenvalue weighted by Gasteiger charge is -2.28. The van der Waals surface area contributed by atoms with Gasteiger partial charge in [0.25, 0.3) is 11.8 Å². The van der Waals surface area contributed by atoms with Crippen molar-refractivity contribution in [2.45, 2.75) is 46.6 Å². The summed E-state index contributed by atoms with van der Waals surface area (Å²) in [6.07, 6.45) is 1.96. The van der Waals surface area contributed by atoms with E-state index in [-0.39, 0.29) is 11.6 Å². The third-order valence-electron chi connectivity index (χ3n) is 5.72. The Morgan fingerprint density at radius 1 is 1.21 bits per heavy atom. The van der Waals surface area contributed by atoms with Crippen molar-refractivity contribution in [3.63, 3.8) is 0 Å². The maximum absolute atomic E-state index is 13.2. The van der Waals surface area contributed by atoms with E-state index in [1.54, 1.807) is 35.7 Å². The number of fused-ring (bicyclic) bond motifs is 1. The van der Waals surface area contributed by atoms with E-state index >= 15 is 0 Å². The Hall–Kier alpha value is -3.08. The van der Waals surface area contributed by atoms with Crippen LogP contribution in [0, 0.1) is 6.92 Å². The summed E-state index contributed by atoms with van der Waals surface area (Å²) in [6.45, 7) is 8.26. The van der Waals surface area contributed by atoms with Gasteiger partial charge in [-0.3, -0.25) is 9.59 Å². The molecular weight excluding hydrogens is 454 g/mol. The second kappa shape index (κ2) is 10.9. The highest BCUT2D eigenvalue weighted by Crippen LogP contribution is 2.27. The van der Waals surface area contributed by atoms with Gasteiger partial charge in [0.1, 0.15) is 0 Å². The molecule has 0 fully saturated rings. The normalized spacial score (nSPS) is 13.2. The highest BCUT2D eigenvalue weighted by Gasteiger charge is 2.24. The first-order chi connectivity index (χ1) is 16.5. The lowest BCUT2D eigenvalue weighted by Crippen LogP contribution is -2.35. The second-order valence-corrected chi connectivity index (χ2v) is 8.94. The third kappa shape index (κ3) is 5.35. The van der Waals surface area contributed by atoms with Gasteiger partial charge in [0.05, 0.1) is 12.7 Å². The number of nitrogens with one attached hydrogen (secondary N) is 1. The van der Waals surface area contributed by atoms with E-state index in [1.807, 2.05) is 25.7 Å². The molecule has 9 nitrogen and oxygen atoms in total. The molecule has 1 N–H and O–H groups in total. The fourth-order valence-corrected chi connectivity index (χ4v) is 4.84. The smallest absolute Gasteiger partial charge is 0.277 e. The molecule has 0 spiro atoms. The van der Waals surface area contributed by atoms with Crippen LogP contribution < -0.4 is 5.32 Å². The highest BCUT2D eigenvalue weighted by atomic mass is 32.1. The van der Waals surface area contributed by atoms with E-state index in [4.69, 9.17) is 9.47 Å². The molecule has 0 radical (unpaired) electrons. The first-order valence-electron chi connectivity index (χ1n) is 11.4. The average Bonchev–Trinajstić information content (AvgIpc) is 3.49. The van der Waals surface area contributed by atoms with Crippen molar-refractivity contribution in [3.8, 4) is 0 Å². The van der Waals surface area contributed by atoms with Crippen molar-refractivity contribution >= 4 is 28.8 Å². The molecule has 0 bridgehead atoms. The van der Waals surface area contributed by atoms with E-state index in [0.29, 0.717) is 44.1 Å². The van der Waals surface area contributed by atoms with Gasteiger partial charge in [-0.15, -0.1) is 16.4 Å². The molecule has 0 aliphatic carbocycles. The molecule has 1 aliphatic rings. The molecule has 2 amide bonds. The summed E-state index contributed by atoms with van der Waals surface area (Å²) >= 11 is 1.74. The minimum atomic E-state index is -0.461. The molecule has 0 saturated carbocycles. The molecular formula is C24H29N5O4S. The zero-order chi connectivity index (χ0) is 24.1. The largest absolute Gasteiger partial charge is 0.351 e. The molecule has 1 aliphatic heterocycles. The van der Waals surface area contributed by atoms with Crippen molar-refractivity contribution in [3.05, 3.63) is 63.1 Å². The van der Waals surface area contributed by atoms with Gasteiger partial charge in [-0.05, 0) is 61.9 Å². The Bertz CT molecular complexity index is 1150. The highest BCUT2D eigenvalue weighted by molar-refractivity contribution is 7.10. The van der Waals surface area contributed by atoms with Crippen LogP contribution in [-0.4, -0.2) is 57.8 Å². The number of amides is 2. The number of rotatable bonds is 9. The average molecular weight is 484 g/mol. The number of ether oxygens (including phenoxy) is 2. The number of aromatic nitrogens is 3. The Morgan fingerprint density at radius 3 is 2.76 bits per heavy atom. The van der Waals surface area contributed by atoms with E-state index in [9.17, 15) is 9.59 Å². The zero-order valence-electron chi connectivity index (χ0n) is 19.6. The lowest BCUT2D eigenvalue weighted by molar-refractivity contribution is -0.145. The van der Waals surface area contributed by atoms with Gasteiger partial charge >= 0.3 is 0 Å². The predicted molar refractivity (Wildman–Crippen MR) is 129 cm³/mol. The van der Waals surface area contributed by atoms with Crippen molar-refractivity contribution in [1.82, 2.24) is 19.9 Å². The van der Waals surface area contributed by atoms with Crippen LogP contribution in [0.4, 0.5) is 5.69 Å². The number of thiophene rings is 1. The van der Waals surface area contributed by atoms with E-state index in [2.05, 4.69) is 27.1 Å². The zero-order valence-corrected chi connectivity index (χ0v) is 20.4. The molecule has 2 aromatic heterocycles. The summed E-state index contributed by atoms with van der Waals surface area (Å²) < 4.78 is 12.6. The van der Waals surface area contributed by atoms with Crippen LogP contribution in [0.1, 0.15) is 50.7 Å². The van der Waals surface area contributed by atoms with Crippen LogP contribution in [0.15, 0.2) is 35.8 Å². The molecule has 0 saturated heterocycles. The molecule has 180 valence electrons. The summed E-state index contributed by atoms with van der Waals surface area (Å²) in [5.74, 6) is -0.432. The Morgan fingerprint density at radius 2 is 2.00 bits per heavy atom. The monoisotopic (exact) mass is 483 g/mol. The fourth-order valence-electron chi connectivity index (χ4n) is 3.95. The van der Waals surface area contributed by atoms with Crippen LogP contribution in [0.25, 0.3) is 0 Å². The quantitative estimate of drug-likeness (QED) is 0.468. The van der Waals surface area contributed by atoms with Gasteiger partial charge < -0.3 is 19.7 Å². The summed E-state index contributed by atoms with van der Waals surface area (Å²) in [5.41, 5.74) is 3.25. The number of anilines is 1.